The van der Waals surface area contributed by atoms with Crippen LogP contribution in [0.15, 0.2) is 0 Å². The first-order valence-corrected chi connectivity index (χ1v) is 16.1. The largest absolute Gasteiger partial charge is 0.481 e. The first-order valence-electron chi connectivity index (χ1n) is 16.1. The smallest absolute Gasteiger partial charge is 0.311 e. The van der Waals surface area contributed by atoms with E-state index in [-0.39, 0.29) is 36.2 Å². The molecule has 0 aromatic rings. The van der Waals surface area contributed by atoms with Crippen LogP contribution < -0.4 is 0 Å². The maximum absolute atomic E-state index is 11.9. The predicted molar refractivity (Wildman–Crippen MR) is 165 cm³/mol. The number of carboxylic acids is 1. The molecule has 9 nitrogen and oxygen atoms in total. The number of aliphatic carboxylic acids is 1. The standard InChI is InChI=1S/C12H25NO.C11H17NO3.C7H16O3.C2H6/c1-5-8-11(4)12(14)13(9-6-2)10-7-3;1-3-7(2)9(13)12-5-8-4-11(8,6-12)10(14)15;1-3-6(9)5(2)7(10)4-8;1-2/h11H,5-10H2,1-4H3;7-8H,3-6H2,1-2H3,(H,14,15);5-10H,3-4H2,1-2H3;1-2H3/t;;5-,6-,7+;/m..0./s1. The summed E-state index contributed by atoms with van der Waals surface area (Å²) in [5.41, 5.74) is -0.580. The molecular weight excluding hydrogens is 524 g/mol. The van der Waals surface area contributed by atoms with Crippen LogP contribution in [0.1, 0.15) is 114 Å². The average Bonchev–Trinajstić information content (AvgIpc) is 3.56. The zero-order chi connectivity index (χ0) is 32.3. The van der Waals surface area contributed by atoms with Gasteiger partial charge in [0.05, 0.1) is 24.2 Å². The molecule has 0 radical (unpaired) electrons. The van der Waals surface area contributed by atoms with Gasteiger partial charge in [0.1, 0.15) is 0 Å². The fraction of sp³-hybridized carbons (Fsp3) is 0.906. The van der Waals surface area contributed by atoms with Crippen molar-refractivity contribution in [1.29, 1.82) is 0 Å². The zero-order valence-corrected chi connectivity index (χ0v) is 27.9. The number of carbonyl (C=O) groups is 3. The van der Waals surface area contributed by atoms with Gasteiger partial charge in [0.25, 0.3) is 0 Å². The third-order valence-electron chi connectivity index (χ3n) is 8.18. The summed E-state index contributed by atoms with van der Waals surface area (Å²) in [6.45, 7) is 22.5. The predicted octanol–water partition coefficient (Wildman–Crippen LogP) is 4.81. The fourth-order valence-electron chi connectivity index (χ4n) is 5.00. The first-order chi connectivity index (χ1) is 19.3. The number of fused-ring (bicyclic) bond motifs is 1. The van der Waals surface area contributed by atoms with Crippen molar-refractivity contribution in [2.45, 2.75) is 126 Å². The van der Waals surface area contributed by atoms with Crippen molar-refractivity contribution in [1.82, 2.24) is 9.80 Å². The Labute approximate surface area is 250 Å². The van der Waals surface area contributed by atoms with Crippen molar-refractivity contribution in [2.75, 3.05) is 32.8 Å². The highest BCUT2D eigenvalue weighted by atomic mass is 16.4. The summed E-state index contributed by atoms with van der Waals surface area (Å²) < 4.78 is 0. The van der Waals surface area contributed by atoms with Crippen LogP contribution in [-0.4, -0.2) is 93.0 Å². The summed E-state index contributed by atoms with van der Waals surface area (Å²) in [6, 6.07) is 0. The highest BCUT2D eigenvalue weighted by Gasteiger charge is 2.66. The molecular formula is C32H64N2O7. The van der Waals surface area contributed by atoms with Crippen LogP contribution in [0.2, 0.25) is 0 Å². The summed E-state index contributed by atoms with van der Waals surface area (Å²) in [7, 11) is 0. The van der Waals surface area contributed by atoms with Crippen molar-refractivity contribution in [3.63, 3.8) is 0 Å². The van der Waals surface area contributed by atoms with Crippen molar-refractivity contribution < 1.29 is 34.8 Å². The van der Waals surface area contributed by atoms with E-state index in [1.165, 1.54) is 0 Å². The topological polar surface area (TPSA) is 139 Å². The Hall–Kier alpha value is -1.71. The van der Waals surface area contributed by atoms with E-state index in [9.17, 15) is 14.4 Å². The summed E-state index contributed by atoms with van der Waals surface area (Å²) in [5, 5.41) is 35.7. The fourth-order valence-corrected chi connectivity index (χ4v) is 5.00. The zero-order valence-electron chi connectivity index (χ0n) is 27.9. The molecule has 0 bridgehead atoms. The maximum Gasteiger partial charge on any atom is 0.311 e. The molecule has 244 valence electrons. The van der Waals surface area contributed by atoms with Crippen LogP contribution in [0, 0.1) is 29.1 Å². The summed E-state index contributed by atoms with van der Waals surface area (Å²) in [6.07, 6.45) is 5.11. The molecule has 0 aromatic heterocycles. The van der Waals surface area contributed by atoms with E-state index in [1.54, 1.807) is 11.8 Å². The Morgan fingerprint density at radius 1 is 0.878 bits per heavy atom. The molecule has 1 aliphatic heterocycles. The molecule has 1 saturated carbocycles. The van der Waals surface area contributed by atoms with Gasteiger partial charge < -0.3 is 30.2 Å². The number of aliphatic hydroxyl groups is 3. The van der Waals surface area contributed by atoms with Gasteiger partial charge in [-0.15, -0.1) is 0 Å². The summed E-state index contributed by atoms with van der Waals surface area (Å²) >= 11 is 0. The number of hydrogen-bond donors (Lipinski definition) is 4. The van der Waals surface area contributed by atoms with Crippen LogP contribution in [0.4, 0.5) is 0 Å². The normalized spacial score (nSPS) is 22.1. The van der Waals surface area contributed by atoms with Gasteiger partial charge in [0, 0.05) is 43.9 Å². The Morgan fingerprint density at radius 2 is 1.41 bits per heavy atom. The minimum absolute atomic E-state index is 0.0216. The molecule has 7 atom stereocenters. The SMILES string of the molecule is CC.CCC(C)C(=O)N1CC2CC2(C(=O)O)C1.CCCC(C)C(=O)N(CCC)CCC.CC[C@H](O)[C@H](C)[C@H](O)CO. The Kier molecular flexibility index (Phi) is 22.1. The minimum atomic E-state index is -0.796. The highest BCUT2D eigenvalue weighted by Crippen LogP contribution is 2.58. The maximum atomic E-state index is 11.9. The molecule has 1 heterocycles. The van der Waals surface area contributed by atoms with Gasteiger partial charge in [-0.25, -0.2) is 0 Å². The number of rotatable bonds is 14. The van der Waals surface area contributed by atoms with E-state index < -0.39 is 23.6 Å². The number of carboxylic acid groups (broad SMARTS) is 1. The van der Waals surface area contributed by atoms with Crippen molar-refractivity contribution in [3.05, 3.63) is 0 Å². The number of hydrogen-bond acceptors (Lipinski definition) is 6. The monoisotopic (exact) mass is 588 g/mol. The number of nitrogens with zero attached hydrogens (tertiary/aromatic N) is 2. The lowest BCUT2D eigenvalue weighted by Crippen LogP contribution is -2.37. The number of amides is 2. The Morgan fingerprint density at radius 3 is 1.78 bits per heavy atom. The van der Waals surface area contributed by atoms with E-state index in [0.717, 1.165) is 51.6 Å². The number of aliphatic hydroxyl groups excluding tert-OH is 3. The molecule has 2 aliphatic rings. The number of likely N-dealkylation sites (tertiary alicyclic amines) is 1. The van der Waals surface area contributed by atoms with Gasteiger partial charge in [-0.05, 0) is 44.4 Å². The van der Waals surface area contributed by atoms with Gasteiger partial charge >= 0.3 is 5.97 Å². The third kappa shape index (κ3) is 13.4. The van der Waals surface area contributed by atoms with Crippen LogP contribution in [0.5, 0.6) is 0 Å². The molecule has 2 amide bonds. The van der Waals surface area contributed by atoms with Gasteiger partial charge in [-0.1, -0.05) is 75.7 Å². The second kappa shape index (κ2) is 21.9. The second-order valence-corrected chi connectivity index (χ2v) is 11.5. The molecule has 2 fully saturated rings. The quantitative estimate of drug-likeness (QED) is 0.228. The van der Waals surface area contributed by atoms with Gasteiger partial charge in [-0.2, -0.15) is 0 Å². The molecule has 2 rings (SSSR count). The molecule has 4 N–H and O–H groups in total. The van der Waals surface area contributed by atoms with E-state index in [2.05, 4.69) is 20.8 Å². The van der Waals surface area contributed by atoms with Crippen LogP contribution in [0.3, 0.4) is 0 Å². The lowest BCUT2D eigenvalue weighted by molar-refractivity contribution is -0.144. The van der Waals surface area contributed by atoms with Crippen molar-refractivity contribution >= 4 is 17.8 Å². The van der Waals surface area contributed by atoms with Crippen molar-refractivity contribution in [3.8, 4) is 0 Å². The first kappa shape index (κ1) is 41.4. The van der Waals surface area contributed by atoms with Gasteiger partial charge in [0.15, 0.2) is 0 Å². The van der Waals surface area contributed by atoms with Crippen LogP contribution in [-0.2, 0) is 14.4 Å². The van der Waals surface area contributed by atoms with Crippen LogP contribution in [0.25, 0.3) is 0 Å². The molecule has 41 heavy (non-hydrogen) atoms. The molecule has 0 aromatic carbocycles. The van der Waals surface area contributed by atoms with Crippen molar-refractivity contribution in [2.24, 2.45) is 29.1 Å². The molecule has 1 saturated heterocycles. The van der Waals surface area contributed by atoms with Gasteiger partial charge in [0.2, 0.25) is 11.8 Å². The van der Waals surface area contributed by atoms with Gasteiger partial charge in [-0.3, -0.25) is 14.4 Å². The summed E-state index contributed by atoms with van der Waals surface area (Å²) in [4.78, 5) is 38.6. The highest BCUT2D eigenvalue weighted by molar-refractivity contribution is 5.84. The van der Waals surface area contributed by atoms with E-state index in [1.807, 2.05) is 46.4 Å². The van der Waals surface area contributed by atoms with E-state index in [0.29, 0.717) is 25.4 Å². The lowest BCUT2D eigenvalue weighted by atomic mass is 9.97. The Balaban J connectivity index is 0. The van der Waals surface area contributed by atoms with E-state index >= 15 is 0 Å². The number of piperidine rings is 1. The minimum Gasteiger partial charge on any atom is -0.481 e. The third-order valence-corrected chi connectivity index (χ3v) is 8.18. The Bertz CT molecular complexity index is 719. The number of carbonyl (C=O) groups excluding carboxylic acids is 2. The lowest BCUT2D eigenvalue weighted by Gasteiger charge is -2.24. The van der Waals surface area contributed by atoms with E-state index in [4.69, 9.17) is 20.4 Å². The molecule has 0 spiro atoms. The summed E-state index contributed by atoms with van der Waals surface area (Å²) in [5.74, 6) is -0.0720. The molecule has 4 unspecified atom stereocenters. The molecule has 9 heteroatoms. The average molecular weight is 589 g/mol. The molecule has 1 aliphatic carbocycles. The second-order valence-electron chi connectivity index (χ2n) is 11.5. The van der Waals surface area contributed by atoms with Crippen LogP contribution >= 0.6 is 0 Å².